The van der Waals surface area contributed by atoms with E-state index in [2.05, 4.69) is 29.4 Å². The first kappa shape index (κ1) is 15.7. The monoisotopic (exact) mass is 264 g/mol. The number of carbonyl (C=O) groups excluding carboxylic acids is 1. The molecule has 0 spiro atoms. The summed E-state index contributed by atoms with van der Waals surface area (Å²) in [5.74, 6) is -0.0828. The second kappa shape index (κ2) is 7.26. The molecule has 0 heterocycles. The van der Waals surface area contributed by atoms with Crippen LogP contribution < -0.4 is 5.32 Å². The molecule has 19 heavy (non-hydrogen) atoms. The third-order valence-corrected chi connectivity index (χ3v) is 2.71. The van der Waals surface area contributed by atoms with Crippen LogP contribution in [-0.2, 0) is 16.1 Å². The first-order valence-corrected chi connectivity index (χ1v) is 6.45. The van der Waals surface area contributed by atoms with E-state index in [9.17, 15) is 4.79 Å². The number of rotatable bonds is 7. The lowest BCUT2D eigenvalue weighted by Gasteiger charge is -2.31. The zero-order valence-corrected chi connectivity index (χ0v) is 12.3. The van der Waals surface area contributed by atoms with Crippen LogP contribution in [0, 0.1) is 0 Å². The Kier molecular flexibility index (Phi) is 5.99. The molecule has 0 saturated heterocycles. The van der Waals surface area contributed by atoms with E-state index in [0.717, 1.165) is 13.1 Å². The number of nitrogens with zero attached hydrogens (tertiary/aromatic N) is 1. The van der Waals surface area contributed by atoms with Crippen molar-refractivity contribution in [1.82, 2.24) is 10.2 Å². The van der Waals surface area contributed by atoms with Crippen LogP contribution >= 0.6 is 0 Å². The van der Waals surface area contributed by atoms with Gasteiger partial charge in [-0.3, -0.25) is 9.69 Å². The average molecular weight is 264 g/mol. The lowest BCUT2D eigenvalue weighted by atomic mass is 10.0. The van der Waals surface area contributed by atoms with Crippen molar-refractivity contribution in [2.45, 2.75) is 25.9 Å². The highest BCUT2D eigenvalue weighted by Crippen LogP contribution is 2.08. The van der Waals surface area contributed by atoms with Gasteiger partial charge in [0.2, 0.25) is 5.91 Å². The summed E-state index contributed by atoms with van der Waals surface area (Å²) in [5, 5.41) is 2.97. The molecule has 0 bridgehead atoms. The molecular formula is C15H24N2O2. The van der Waals surface area contributed by atoms with E-state index in [-0.39, 0.29) is 18.1 Å². The van der Waals surface area contributed by atoms with E-state index in [1.807, 2.05) is 32.0 Å². The van der Waals surface area contributed by atoms with Crippen molar-refractivity contribution in [3.05, 3.63) is 35.9 Å². The Bertz CT molecular complexity index is 390. The molecular weight excluding hydrogens is 240 g/mol. The lowest BCUT2D eigenvalue weighted by molar-refractivity contribution is -0.126. The summed E-state index contributed by atoms with van der Waals surface area (Å²) in [7, 11) is 3.57. The van der Waals surface area contributed by atoms with Gasteiger partial charge in [-0.1, -0.05) is 30.3 Å². The topological polar surface area (TPSA) is 41.6 Å². The van der Waals surface area contributed by atoms with Crippen molar-refractivity contribution in [3.8, 4) is 0 Å². The Balaban J connectivity index is 2.46. The van der Waals surface area contributed by atoms with Crippen molar-refractivity contribution < 1.29 is 9.53 Å². The smallest absolute Gasteiger partial charge is 0.246 e. The fourth-order valence-corrected chi connectivity index (χ4v) is 2.21. The normalized spacial score (nSPS) is 11.6. The van der Waals surface area contributed by atoms with E-state index >= 15 is 0 Å². The largest absolute Gasteiger partial charge is 0.375 e. The molecule has 0 aromatic heterocycles. The van der Waals surface area contributed by atoms with Crippen molar-refractivity contribution in [1.29, 1.82) is 0 Å². The maximum absolute atomic E-state index is 11.5. The highest BCUT2D eigenvalue weighted by molar-refractivity contribution is 5.77. The van der Waals surface area contributed by atoms with Crippen LogP contribution in [0.3, 0.4) is 0 Å². The van der Waals surface area contributed by atoms with Gasteiger partial charge in [0, 0.05) is 25.7 Å². The molecule has 4 heteroatoms. The van der Waals surface area contributed by atoms with Gasteiger partial charge in [-0.15, -0.1) is 0 Å². The standard InChI is InChI=1S/C15H24N2O2/c1-15(2,16-14(18)11-19-4)12-17(3)10-13-8-6-5-7-9-13/h5-9H,10-12H2,1-4H3,(H,16,18). The highest BCUT2D eigenvalue weighted by Gasteiger charge is 2.22. The molecule has 0 unspecified atom stereocenters. The molecule has 106 valence electrons. The summed E-state index contributed by atoms with van der Waals surface area (Å²) >= 11 is 0. The molecule has 1 aromatic rings. The van der Waals surface area contributed by atoms with Gasteiger partial charge in [-0.25, -0.2) is 0 Å². The van der Waals surface area contributed by atoms with Gasteiger partial charge in [0.05, 0.1) is 0 Å². The average Bonchev–Trinajstić information content (AvgIpc) is 2.28. The maximum Gasteiger partial charge on any atom is 0.246 e. The number of carbonyl (C=O) groups is 1. The third-order valence-electron chi connectivity index (χ3n) is 2.71. The van der Waals surface area contributed by atoms with Gasteiger partial charge in [0.15, 0.2) is 0 Å². The van der Waals surface area contributed by atoms with E-state index in [1.165, 1.54) is 12.7 Å². The number of hydrogen-bond acceptors (Lipinski definition) is 3. The third kappa shape index (κ3) is 6.36. The molecule has 0 radical (unpaired) electrons. The molecule has 4 nitrogen and oxygen atoms in total. The molecule has 1 amide bonds. The first-order chi connectivity index (χ1) is 8.93. The van der Waals surface area contributed by atoms with Crippen molar-refractivity contribution >= 4 is 5.91 Å². The van der Waals surface area contributed by atoms with Crippen LogP contribution in [0.4, 0.5) is 0 Å². The van der Waals surface area contributed by atoms with Crippen molar-refractivity contribution in [2.24, 2.45) is 0 Å². The molecule has 0 aliphatic heterocycles. The quantitative estimate of drug-likeness (QED) is 0.814. The Morgan fingerprint density at radius 3 is 2.53 bits per heavy atom. The van der Waals surface area contributed by atoms with Crippen LogP contribution in [0.25, 0.3) is 0 Å². The minimum absolute atomic E-state index is 0.0828. The predicted molar refractivity (Wildman–Crippen MR) is 76.9 cm³/mol. The number of hydrogen-bond donors (Lipinski definition) is 1. The van der Waals surface area contributed by atoms with E-state index in [1.54, 1.807) is 0 Å². The summed E-state index contributed by atoms with van der Waals surface area (Å²) in [6, 6.07) is 10.3. The van der Waals surface area contributed by atoms with Crippen LogP contribution in [0.5, 0.6) is 0 Å². The zero-order chi connectivity index (χ0) is 14.3. The summed E-state index contributed by atoms with van der Waals surface area (Å²) in [6.45, 7) is 5.78. The molecule has 0 fully saturated rings. The summed E-state index contributed by atoms with van der Waals surface area (Å²) < 4.78 is 4.82. The molecule has 0 aliphatic rings. The summed E-state index contributed by atoms with van der Waals surface area (Å²) in [5.41, 5.74) is 0.989. The molecule has 1 rings (SSSR count). The number of benzene rings is 1. The van der Waals surface area contributed by atoms with Gasteiger partial charge in [-0.2, -0.15) is 0 Å². The minimum Gasteiger partial charge on any atom is -0.375 e. The first-order valence-electron chi connectivity index (χ1n) is 6.45. The van der Waals surface area contributed by atoms with Crippen LogP contribution in [0.2, 0.25) is 0 Å². The SMILES string of the molecule is COCC(=O)NC(C)(C)CN(C)Cc1ccccc1. The lowest BCUT2D eigenvalue weighted by Crippen LogP contribution is -2.51. The number of methoxy groups -OCH3 is 1. The number of likely N-dealkylation sites (N-methyl/N-ethyl adjacent to an activating group) is 1. The van der Waals surface area contributed by atoms with E-state index in [4.69, 9.17) is 4.74 Å². The van der Waals surface area contributed by atoms with Gasteiger partial charge in [0.1, 0.15) is 6.61 Å². The molecule has 0 aliphatic carbocycles. The second-order valence-electron chi connectivity index (χ2n) is 5.52. The van der Waals surface area contributed by atoms with Gasteiger partial charge in [0.25, 0.3) is 0 Å². The Hall–Kier alpha value is -1.39. The zero-order valence-electron chi connectivity index (χ0n) is 12.3. The summed E-state index contributed by atoms with van der Waals surface area (Å²) in [6.07, 6.45) is 0. The number of ether oxygens (including phenoxy) is 1. The van der Waals surface area contributed by atoms with Crippen molar-refractivity contribution in [2.75, 3.05) is 27.3 Å². The predicted octanol–water partition coefficient (Wildman–Crippen LogP) is 1.66. The Morgan fingerprint density at radius 2 is 1.95 bits per heavy atom. The highest BCUT2D eigenvalue weighted by atomic mass is 16.5. The van der Waals surface area contributed by atoms with Gasteiger partial charge < -0.3 is 10.1 Å². The van der Waals surface area contributed by atoms with E-state index < -0.39 is 0 Å². The van der Waals surface area contributed by atoms with E-state index in [0.29, 0.717) is 0 Å². The Morgan fingerprint density at radius 1 is 1.32 bits per heavy atom. The molecule has 0 saturated carbocycles. The number of nitrogens with one attached hydrogen (secondary N) is 1. The molecule has 0 atom stereocenters. The minimum atomic E-state index is -0.279. The van der Waals surface area contributed by atoms with Gasteiger partial charge >= 0.3 is 0 Å². The second-order valence-corrected chi connectivity index (χ2v) is 5.52. The maximum atomic E-state index is 11.5. The van der Waals surface area contributed by atoms with Crippen molar-refractivity contribution in [3.63, 3.8) is 0 Å². The fourth-order valence-electron chi connectivity index (χ4n) is 2.21. The van der Waals surface area contributed by atoms with Crippen LogP contribution in [0.1, 0.15) is 19.4 Å². The summed E-state index contributed by atoms with van der Waals surface area (Å²) in [4.78, 5) is 13.7. The fraction of sp³-hybridized carbons (Fsp3) is 0.533. The van der Waals surface area contributed by atoms with Crippen LogP contribution in [0.15, 0.2) is 30.3 Å². The Labute approximate surface area is 115 Å². The molecule has 1 N–H and O–H groups in total. The van der Waals surface area contributed by atoms with Gasteiger partial charge in [-0.05, 0) is 26.5 Å². The number of amides is 1. The molecule has 1 aromatic carbocycles. The van der Waals surface area contributed by atoms with Crippen LogP contribution in [-0.4, -0.2) is 43.7 Å².